The van der Waals surface area contributed by atoms with E-state index in [2.05, 4.69) is 6.08 Å². The SMILES string of the molecule is CC(C)=CC(C)C(O)c1ccccc1. The summed E-state index contributed by atoms with van der Waals surface area (Å²) >= 11 is 0. The molecule has 0 aliphatic heterocycles. The fourth-order valence-corrected chi connectivity index (χ4v) is 1.57. The van der Waals surface area contributed by atoms with Crippen molar-refractivity contribution in [2.75, 3.05) is 0 Å². The van der Waals surface area contributed by atoms with Crippen molar-refractivity contribution in [2.24, 2.45) is 5.92 Å². The molecule has 0 aromatic heterocycles. The second-order valence-electron chi connectivity index (χ2n) is 3.96. The van der Waals surface area contributed by atoms with E-state index in [0.29, 0.717) is 0 Å². The fraction of sp³-hybridized carbons (Fsp3) is 0.385. The van der Waals surface area contributed by atoms with E-state index in [1.165, 1.54) is 5.57 Å². The molecule has 1 rings (SSSR count). The average molecular weight is 190 g/mol. The summed E-state index contributed by atoms with van der Waals surface area (Å²) in [6, 6.07) is 9.78. The molecule has 1 aromatic rings. The maximum Gasteiger partial charge on any atom is 0.0850 e. The van der Waals surface area contributed by atoms with Crippen LogP contribution < -0.4 is 0 Å². The summed E-state index contributed by atoms with van der Waals surface area (Å²) in [5.74, 6) is 0.169. The maximum atomic E-state index is 9.99. The second-order valence-corrected chi connectivity index (χ2v) is 3.96. The van der Waals surface area contributed by atoms with Crippen molar-refractivity contribution < 1.29 is 5.11 Å². The van der Waals surface area contributed by atoms with Gasteiger partial charge in [0.1, 0.15) is 0 Å². The van der Waals surface area contributed by atoms with Crippen LogP contribution in [0, 0.1) is 5.92 Å². The number of hydrogen-bond acceptors (Lipinski definition) is 1. The van der Waals surface area contributed by atoms with Crippen LogP contribution in [0.4, 0.5) is 0 Å². The molecule has 0 heterocycles. The Kier molecular flexibility index (Phi) is 3.90. The zero-order valence-electron chi connectivity index (χ0n) is 9.07. The predicted octanol–water partition coefficient (Wildman–Crippen LogP) is 3.32. The Balaban J connectivity index is 2.76. The predicted molar refractivity (Wildman–Crippen MR) is 60.0 cm³/mol. The van der Waals surface area contributed by atoms with Crippen LogP contribution in [0.15, 0.2) is 42.0 Å². The lowest BCUT2D eigenvalue weighted by molar-refractivity contribution is 0.139. The van der Waals surface area contributed by atoms with Gasteiger partial charge in [0.2, 0.25) is 0 Å². The van der Waals surface area contributed by atoms with E-state index in [9.17, 15) is 5.11 Å². The summed E-state index contributed by atoms with van der Waals surface area (Å²) in [5.41, 5.74) is 2.23. The summed E-state index contributed by atoms with van der Waals surface area (Å²) in [7, 11) is 0. The zero-order valence-corrected chi connectivity index (χ0v) is 9.07. The average Bonchev–Trinajstić information content (AvgIpc) is 2.17. The molecule has 14 heavy (non-hydrogen) atoms. The normalized spacial score (nSPS) is 14.6. The van der Waals surface area contributed by atoms with Crippen LogP contribution in [-0.2, 0) is 0 Å². The summed E-state index contributed by atoms with van der Waals surface area (Å²) in [4.78, 5) is 0. The molecule has 0 amide bonds. The molecule has 0 saturated heterocycles. The van der Waals surface area contributed by atoms with Crippen LogP contribution in [0.5, 0.6) is 0 Å². The van der Waals surface area contributed by atoms with Crippen LogP contribution in [0.2, 0.25) is 0 Å². The van der Waals surface area contributed by atoms with Gasteiger partial charge in [0.05, 0.1) is 6.10 Å². The van der Waals surface area contributed by atoms with Crippen molar-refractivity contribution in [1.82, 2.24) is 0 Å². The molecule has 2 atom stereocenters. The van der Waals surface area contributed by atoms with Crippen LogP contribution >= 0.6 is 0 Å². The minimum absolute atomic E-state index is 0.169. The van der Waals surface area contributed by atoms with E-state index in [4.69, 9.17) is 0 Å². The molecule has 0 fully saturated rings. The summed E-state index contributed by atoms with van der Waals surface area (Å²) in [6.07, 6.45) is 1.70. The Morgan fingerprint density at radius 2 is 1.79 bits per heavy atom. The van der Waals surface area contributed by atoms with Crippen LogP contribution in [-0.4, -0.2) is 5.11 Å². The molecule has 1 nitrogen and oxygen atoms in total. The summed E-state index contributed by atoms with van der Waals surface area (Å²) < 4.78 is 0. The smallest absolute Gasteiger partial charge is 0.0850 e. The Morgan fingerprint density at radius 1 is 1.21 bits per heavy atom. The van der Waals surface area contributed by atoms with Crippen molar-refractivity contribution in [2.45, 2.75) is 26.9 Å². The van der Waals surface area contributed by atoms with E-state index in [1.54, 1.807) is 0 Å². The first-order chi connectivity index (χ1) is 6.61. The largest absolute Gasteiger partial charge is 0.388 e. The Morgan fingerprint density at radius 3 is 2.29 bits per heavy atom. The summed E-state index contributed by atoms with van der Waals surface area (Å²) in [5, 5.41) is 9.99. The number of aliphatic hydroxyl groups excluding tert-OH is 1. The molecular formula is C13H18O. The highest BCUT2D eigenvalue weighted by molar-refractivity contribution is 5.19. The van der Waals surface area contributed by atoms with Gasteiger partial charge in [-0.05, 0) is 19.4 Å². The van der Waals surface area contributed by atoms with Crippen molar-refractivity contribution in [3.8, 4) is 0 Å². The monoisotopic (exact) mass is 190 g/mol. The van der Waals surface area contributed by atoms with Crippen LogP contribution in [0.3, 0.4) is 0 Å². The fourth-order valence-electron chi connectivity index (χ4n) is 1.57. The quantitative estimate of drug-likeness (QED) is 0.725. The molecule has 2 unspecified atom stereocenters. The first-order valence-corrected chi connectivity index (χ1v) is 4.99. The highest BCUT2D eigenvalue weighted by atomic mass is 16.3. The van der Waals surface area contributed by atoms with Crippen LogP contribution in [0.1, 0.15) is 32.4 Å². The maximum absolute atomic E-state index is 9.99. The first kappa shape index (κ1) is 11.0. The first-order valence-electron chi connectivity index (χ1n) is 4.99. The third kappa shape index (κ3) is 3.00. The molecule has 0 spiro atoms. The van der Waals surface area contributed by atoms with Gasteiger partial charge in [0.25, 0.3) is 0 Å². The topological polar surface area (TPSA) is 20.2 Å². The Hall–Kier alpha value is -1.08. The van der Waals surface area contributed by atoms with Gasteiger partial charge >= 0.3 is 0 Å². The van der Waals surface area contributed by atoms with Gasteiger partial charge in [-0.3, -0.25) is 0 Å². The molecular weight excluding hydrogens is 172 g/mol. The zero-order chi connectivity index (χ0) is 10.6. The van der Waals surface area contributed by atoms with Gasteiger partial charge in [0, 0.05) is 5.92 Å². The molecule has 0 aliphatic carbocycles. The van der Waals surface area contributed by atoms with Gasteiger partial charge in [0.15, 0.2) is 0 Å². The Bertz CT molecular complexity index is 296. The van der Waals surface area contributed by atoms with Gasteiger partial charge in [-0.1, -0.05) is 48.9 Å². The van der Waals surface area contributed by atoms with Crippen molar-refractivity contribution in [3.63, 3.8) is 0 Å². The van der Waals surface area contributed by atoms with Gasteiger partial charge in [-0.25, -0.2) is 0 Å². The Labute approximate surface area is 86.1 Å². The number of rotatable bonds is 3. The van der Waals surface area contributed by atoms with E-state index in [-0.39, 0.29) is 5.92 Å². The van der Waals surface area contributed by atoms with Gasteiger partial charge in [-0.2, -0.15) is 0 Å². The van der Waals surface area contributed by atoms with E-state index in [0.717, 1.165) is 5.56 Å². The number of aliphatic hydroxyl groups is 1. The molecule has 76 valence electrons. The molecule has 0 aliphatic rings. The van der Waals surface area contributed by atoms with E-state index < -0.39 is 6.10 Å². The number of hydrogen-bond donors (Lipinski definition) is 1. The van der Waals surface area contributed by atoms with Crippen molar-refractivity contribution in [3.05, 3.63) is 47.5 Å². The third-order valence-corrected chi connectivity index (χ3v) is 2.24. The highest BCUT2D eigenvalue weighted by Crippen LogP contribution is 2.23. The van der Waals surface area contributed by atoms with Crippen molar-refractivity contribution in [1.29, 1.82) is 0 Å². The molecule has 1 N–H and O–H groups in total. The van der Waals surface area contributed by atoms with E-state index >= 15 is 0 Å². The minimum atomic E-state index is -0.397. The number of allylic oxidation sites excluding steroid dienone is 1. The van der Waals surface area contributed by atoms with Crippen LogP contribution in [0.25, 0.3) is 0 Å². The lowest BCUT2D eigenvalue weighted by atomic mass is 9.96. The molecule has 0 bridgehead atoms. The summed E-state index contributed by atoms with van der Waals surface area (Å²) in [6.45, 7) is 6.13. The molecule has 0 radical (unpaired) electrons. The second kappa shape index (κ2) is 4.97. The van der Waals surface area contributed by atoms with E-state index in [1.807, 2.05) is 51.1 Å². The number of benzene rings is 1. The van der Waals surface area contributed by atoms with Gasteiger partial charge in [-0.15, -0.1) is 0 Å². The molecule has 1 heteroatoms. The lowest BCUT2D eigenvalue weighted by Crippen LogP contribution is -2.06. The highest BCUT2D eigenvalue weighted by Gasteiger charge is 2.13. The van der Waals surface area contributed by atoms with Crippen molar-refractivity contribution >= 4 is 0 Å². The molecule has 0 saturated carbocycles. The standard InChI is InChI=1S/C13H18O/c1-10(2)9-11(3)13(14)12-7-5-4-6-8-12/h4-9,11,13-14H,1-3H3. The molecule has 1 aromatic carbocycles. The van der Waals surface area contributed by atoms with Gasteiger partial charge < -0.3 is 5.11 Å². The minimum Gasteiger partial charge on any atom is -0.388 e. The lowest BCUT2D eigenvalue weighted by Gasteiger charge is -2.16. The third-order valence-electron chi connectivity index (χ3n) is 2.24.